The Morgan fingerprint density at radius 1 is 1.20 bits per heavy atom. The van der Waals surface area contributed by atoms with Crippen LogP contribution >= 0.6 is 0 Å². The summed E-state index contributed by atoms with van der Waals surface area (Å²) < 4.78 is 5.34. The number of benzene rings is 1. The molecule has 2 unspecified atom stereocenters. The molecule has 1 fully saturated rings. The Morgan fingerprint density at radius 3 is 2.65 bits per heavy atom. The Morgan fingerprint density at radius 2 is 1.95 bits per heavy atom. The second-order valence-electron chi connectivity index (χ2n) is 7.53. The molecule has 1 saturated carbocycles. The third-order valence-corrected chi connectivity index (χ3v) is 5.95. The van der Waals surface area contributed by atoms with Crippen molar-refractivity contribution in [2.45, 2.75) is 58.3 Å². The van der Waals surface area contributed by atoms with E-state index in [9.17, 15) is 5.11 Å². The van der Waals surface area contributed by atoms with Crippen LogP contribution in [0.1, 0.15) is 57.6 Å². The average Bonchev–Trinajstić information content (AvgIpc) is 2.37. The van der Waals surface area contributed by atoms with Crippen molar-refractivity contribution in [2.24, 2.45) is 11.3 Å². The summed E-state index contributed by atoms with van der Waals surface area (Å²) in [6.45, 7) is 7.28. The Hall–Kier alpha value is -1.18. The number of aryl methyl sites for hydroxylation is 1. The molecular formula is C18H26O2. The van der Waals surface area contributed by atoms with E-state index in [1.807, 2.05) is 6.07 Å². The Bertz CT molecular complexity index is 532. The standard InChI is InChI=1S/C18H26O2/c1-17(2)8-5-9-18(3)13-11-15(20-4)14(19)10-12(13)6-7-16(17)18/h10-11,16,19H,5-9H2,1-4H3. The minimum Gasteiger partial charge on any atom is -0.504 e. The van der Waals surface area contributed by atoms with Crippen LogP contribution in [-0.4, -0.2) is 12.2 Å². The zero-order valence-corrected chi connectivity index (χ0v) is 13.1. The molecule has 0 radical (unpaired) electrons. The molecule has 20 heavy (non-hydrogen) atoms. The van der Waals surface area contributed by atoms with E-state index in [1.165, 1.54) is 36.8 Å². The zero-order valence-electron chi connectivity index (χ0n) is 13.1. The molecular weight excluding hydrogens is 248 g/mol. The lowest BCUT2D eigenvalue weighted by molar-refractivity contribution is 0.0405. The number of rotatable bonds is 1. The van der Waals surface area contributed by atoms with Crippen LogP contribution in [0.5, 0.6) is 11.5 Å². The molecule has 0 saturated heterocycles. The van der Waals surface area contributed by atoms with Gasteiger partial charge in [-0.25, -0.2) is 0 Å². The first-order valence-electron chi connectivity index (χ1n) is 7.79. The summed E-state index contributed by atoms with van der Waals surface area (Å²) in [5.41, 5.74) is 3.38. The van der Waals surface area contributed by atoms with Crippen molar-refractivity contribution < 1.29 is 9.84 Å². The van der Waals surface area contributed by atoms with Crippen LogP contribution in [0.25, 0.3) is 0 Å². The van der Waals surface area contributed by atoms with Crippen molar-refractivity contribution in [3.05, 3.63) is 23.3 Å². The summed E-state index contributed by atoms with van der Waals surface area (Å²) in [7, 11) is 1.63. The van der Waals surface area contributed by atoms with E-state index in [1.54, 1.807) is 7.11 Å². The van der Waals surface area contributed by atoms with Crippen LogP contribution in [0.4, 0.5) is 0 Å². The van der Waals surface area contributed by atoms with Crippen LogP contribution in [0.3, 0.4) is 0 Å². The maximum Gasteiger partial charge on any atom is 0.160 e. The normalized spacial score (nSPS) is 31.3. The van der Waals surface area contributed by atoms with Crippen LogP contribution < -0.4 is 4.74 Å². The van der Waals surface area contributed by atoms with E-state index in [4.69, 9.17) is 4.74 Å². The minimum atomic E-state index is 0.232. The first-order valence-corrected chi connectivity index (χ1v) is 7.79. The monoisotopic (exact) mass is 274 g/mol. The number of ether oxygens (including phenoxy) is 1. The molecule has 2 aliphatic rings. The van der Waals surface area contributed by atoms with Gasteiger partial charge in [0.2, 0.25) is 0 Å². The molecule has 3 rings (SSSR count). The van der Waals surface area contributed by atoms with Crippen LogP contribution in [0, 0.1) is 11.3 Å². The van der Waals surface area contributed by atoms with Gasteiger partial charge >= 0.3 is 0 Å². The molecule has 2 aliphatic carbocycles. The van der Waals surface area contributed by atoms with Crippen molar-refractivity contribution in [3.8, 4) is 11.5 Å². The van der Waals surface area contributed by atoms with Gasteiger partial charge in [-0.3, -0.25) is 0 Å². The number of fused-ring (bicyclic) bond motifs is 3. The quantitative estimate of drug-likeness (QED) is 0.821. The number of methoxy groups -OCH3 is 1. The molecule has 2 nitrogen and oxygen atoms in total. The van der Waals surface area contributed by atoms with Crippen molar-refractivity contribution in [1.82, 2.24) is 0 Å². The van der Waals surface area contributed by atoms with Gasteiger partial charge in [0, 0.05) is 0 Å². The summed E-state index contributed by atoms with van der Waals surface area (Å²) in [5, 5.41) is 10.0. The van der Waals surface area contributed by atoms with Crippen LogP contribution in [0.15, 0.2) is 12.1 Å². The molecule has 1 aromatic carbocycles. The number of hydrogen-bond donors (Lipinski definition) is 1. The molecule has 2 heteroatoms. The molecule has 0 spiro atoms. The summed E-state index contributed by atoms with van der Waals surface area (Å²) >= 11 is 0. The molecule has 110 valence electrons. The highest BCUT2D eigenvalue weighted by molar-refractivity contribution is 5.51. The van der Waals surface area contributed by atoms with Gasteiger partial charge in [-0.15, -0.1) is 0 Å². The van der Waals surface area contributed by atoms with Gasteiger partial charge in [0.1, 0.15) is 0 Å². The van der Waals surface area contributed by atoms with E-state index in [2.05, 4.69) is 26.8 Å². The number of hydrogen-bond acceptors (Lipinski definition) is 2. The predicted octanol–water partition coefficient (Wildman–Crippen LogP) is 4.43. The Balaban J connectivity index is 2.14. The molecule has 0 aliphatic heterocycles. The Kier molecular flexibility index (Phi) is 3.04. The fourth-order valence-corrected chi connectivity index (χ4v) is 4.97. The number of aromatic hydroxyl groups is 1. The second-order valence-corrected chi connectivity index (χ2v) is 7.53. The molecule has 2 atom stereocenters. The molecule has 0 aromatic heterocycles. The third kappa shape index (κ3) is 1.84. The molecule has 1 N–H and O–H groups in total. The van der Waals surface area contributed by atoms with Gasteiger partial charge in [-0.05, 0) is 65.7 Å². The van der Waals surface area contributed by atoms with Gasteiger partial charge in [0.25, 0.3) is 0 Å². The zero-order chi connectivity index (χ0) is 14.5. The van der Waals surface area contributed by atoms with E-state index in [-0.39, 0.29) is 11.2 Å². The number of phenols is 1. The van der Waals surface area contributed by atoms with Gasteiger partial charge in [-0.2, -0.15) is 0 Å². The van der Waals surface area contributed by atoms with Crippen molar-refractivity contribution in [2.75, 3.05) is 7.11 Å². The largest absolute Gasteiger partial charge is 0.504 e. The highest BCUT2D eigenvalue weighted by Gasteiger charge is 2.49. The lowest BCUT2D eigenvalue weighted by atomic mass is 9.50. The lowest BCUT2D eigenvalue weighted by Gasteiger charge is -2.54. The highest BCUT2D eigenvalue weighted by Crippen LogP contribution is 2.57. The summed E-state index contributed by atoms with van der Waals surface area (Å²) in [6.07, 6.45) is 6.20. The molecule has 0 bridgehead atoms. The van der Waals surface area contributed by atoms with Gasteiger partial charge in [0.05, 0.1) is 7.11 Å². The SMILES string of the molecule is COc1cc2c(cc1O)CCC1C(C)(C)CCCC21C. The van der Waals surface area contributed by atoms with E-state index in [0.29, 0.717) is 11.2 Å². The van der Waals surface area contributed by atoms with E-state index < -0.39 is 0 Å². The fraction of sp³-hybridized carbons (Fsp3) is 0.667. The fourth-order valence-electron chi connectivity index (χ4n) is 4.97. The minimum absolute atomic E-state index is 0.232. The number of phenolic OH excluding ortho intramolecular Hbond substituents is 1. The summed E-state index contributed by atoms with van der Waals surface area (Å²) in [5.74, 6) is 1.63. The second kappa shape index (κ2) is 4.41. The van der Waals surface area contributed by atoms with Gasteiger partial charge in [-0.1, -0.05) is 27.2 Å². The first kappa shape index (κ1) is 13.8. The van der Waals surface area contributed by atoms with E-state index >= 15 is 0 Å². The molecule has 0 amide bonds. The summed E-state index contributed by atoms with van der Waals surface area (Å²) in [6, 6.07) is 4.02. The van der Waals surface area contributed by atoms with Crippen molar-refractivity contribution >= 4 is 0 Å². The van der Waals surface area contributed by atoms with Crippen LogP contribution in [0.2, 0.25) is 0 Å². The summed E-state index contributed by atoms with van der Waals surface area (Å²) in [4.78, 5) is 0. The maximum absolute atomic E-state index is 10.0. The molecule has 0 heterocycles. The van der Waals surface area contributed by atoms with Crippen molar-refractivity contribution in [1.29, 1.82) is 0 Å². The van der Waals surface area contributed by atoms with Crippen LogP contribution in [-0.2, 0) is 11.8 Å². The first-order chi connectivity index (χ1) is 9.38. The van der Waals surface area contributed by atoms with Crippen molar-refractivity contribution in [3.63, 3.8) is 0 Å². The van der Waals surface area contributed by atoms with Gasteiger partial charge in [0.15, 0.2) is 11.5 Å². The predicted molar refractivity (Wildman–Crippen MR) is 81.5 cm³/mol. The lowest BCUT2D eigenvalue weighted by Crippen LogP contribution is -2.47. The Labute approximate surface area is 122 Å². The highest BCUT2D eigenvalue weighted by atomic mass is 16.5. The molecule has 1 aromatic rings. The van der Waals surface area contributed by atoms with Gasteiger partial charge < -0.3 is 9.84 Å². The smallest absolute Gasteiger partial charge is 0.160 e. The average molecular weight is 274 g/mol. The van der Waals surface area contributed by atoms with E-state index in [0.717, 1.165) is 12.3 Å². The third-order valence-electron chi connectivity index (χ3n) is 5.95. The topological polar surface area (TPSA) is 29.5 Å². The maximum atomic E-state index is 10.0.